The van der Waals surface area contributed by atoms with Gasteiger partial charge in [0.15, 0.2) is 12.2 Å². The van der Waals surface area contributed by atoms with Gasteiger partial charge in [-0.05, 0) is 45.6 Å². The van der Waals surface area contributed by atoms with Gasteiger partial charge in [-0.25, -0.2) is 4.98 Å². The van der Waals surface area contributed by atoms with Gasteiger partial charge in [-0.2, -0.15) is 5.10 Å². The SMILES string of the molecule is COc1cccc(C(=O)Nc2n[nH]c3c2CN(C(O)N2CCN(CC4CCOCC4)C[C@@H]2C)C3(C)C)n1. The van der Waals surface area contributed by atoms with Crippen molar-refractivity contribution in [2.24, 2.45) is 5.92 Å². The second-order valence-electron chi connectivity index (χ2n) is 10.9. The van der Waals surface area contributed by atoms with Gasteiger partial charge < -0.3 is 24.8 Å². The molecule has 2 saturated heterocycles. The topological polar surface area (TPSA) is 119 Å². The summed E-state index contributed by atoms with van der Waals surface area (Å²) in [5.41, 5.74) is 1.54. The molecule has 0 radical (unpaired) electrons. The Morgan fingerprint density at radius 3 is 2.84 bits per heavy atom. The van der Waals surface area contributed by atoms with Crippen LogP contribution in [0.3, 0.4) is 0 Å². The van der Waals surface area contributed by atoms with E-state index >= 15 is 0 Å². The van der Waals surface area contributed by atoms with E-state index in [1.807, 2.05) is 0 Å². The lowest BCUT2D eigenvalue weighted by Crippen LogP contribution is -2.61. The number of carbonyl (C=O) groups excluding carboxylic acids is 1. The molecule has 202 valence electrons. The largest absolute Gasteiger partial charge is 0.481 e. The zero-order valence-corrected chi connectivity index (χ0v) is 22.2. The van der Waals surface area contributed by atoms with Crippen molar-refractivity contribution in [2.75, 3.05) is 51.8 Å². The van der Waals surface area contributed by atoms with Gasteiger partial charge in [0.2, 0.25) is 5.88 Å². The Hall–Kier alpha value is -2.57. The summed E-state index contributed by atoms with van der Waals surface area (Å²) < 4.78 is 10.6. The first-order valence-corrected chi connectivity index (χ1v) is 13.2. The van der Waals surface area contributed by atoms with Crippen molar-refractivity contribution in [1.29, 1.82) is 0 Å². The third kappa shape index (κ3) is 5.23. The van der Waals surface area contributed by atoms with E-state index in [0.29, 0.717) is 24.2 Å². The lowest BCUT2D eigenvalue weighted by molar-refractivity contribution is -0.174. The second-order valence-corrected chi connectivity index (χ2v) is 10.9. The molecule has 37 heavy (non-hydrogen) atoms. The quantitative estimate of drug-likeness (QED) is 0.509. The number of rotatable bonds is 7. The molecule has 1 amide bonds. The highest BCUT2D eigenvalue weighted by Crippen LogP contribution is 2.42. The number of aliphatic hydroxyl groups is 1. The lowest BCUT2D eigenvalue weighted by atomic mass is 9.98. The number of H-pyrrole nitrogens is 1. The average molecular weight is 514 g/mol. The molecule has 0 spiro atoms. The van der Waals surface area contributed by atoms with Gasteiger partial charge >= 0.3 is 0 Å². The number of carbonyl (C=O) groups is 1. The third-order valence-corrected chi connectivity index (χ3v) is 8.12. The Kier molecular flexibility index (Phi) is 7.51. The average Bonchev–Trinajstić information content (AvgIpc) is 3.42. The summed E-state index contributed by atoms with van der Waals surface area (Å²) in [7, 11) is 1.51. The van der Waals surface area contributed by atoms with E-state index in [-0.39, 0.29) is 17.6 Å². The molecule has 0 aliphatic carbocycles. The summed E-state index contributed by atoms with van der Waals surface area (Å²) >= 11 is 0. The van der Waals surface area contributed by atoms with Gasteiger partial charge in [-0.1, -0.05) is 6.07 Å². The third-order valence-electron chi connectivity index (χ3n) is 8.12. The van der Waals surface area contributed by atoms with E-state index < -0.39 is 11.9 Å². The van der Waals surface area contributed by atoms with Crippen LogP contribution in [-0.4, -0.2) is 99.8 Å². The summed E-state index contributed by atoms with van der Waals surface area (Å²) in [6.07, 6.45) is 1.52. The van der Waals surface area contributed by atoms with Crippen molar-refractivity contribution in [2.45, 2.75) is 58.1 Å². The Morgan fingerprint density at radius 1 is 1.32 bits per heavy atom. The monoisotopic (exact) mass is 513 g/mol. The van der Waals surface area contributed by atoms with Crippen LogP contribution in [0, 0.1) is 5.92 Å². The fraction of sp³-hybridized carbons (Fsp3) is 0.654. The molecule has 3 N–H and O–H groups in total. The normalized spacial score (nSPS) is 24.1. The van der Waals surface area contributed by atoms with E-state index in [9.17, 15) is 9.90 Å². The second kappa shape index (κ2) is 10.7. The van der Waals surface area contributed by atoms with Crippen molar-refractivity contribution >= 4 is 11.7 Å². The first-order chi connectivity index (χ1) is 17.8. The zero-order valence-electron chi connectivity index (χ0n) is 22.2. The number of pyridine rings is 1. The fourth-order valence-electron chi connectivity index (χ4n) is 5.87. The van der Waals surface area contributed by atoms with E-state index in [1.54, 1.807) is 18.2 Å². The van der Waals surface area contributed by atoms with Crippen LogP contribution in [0.4, 0.5) is 5.82 Å². The molecule has 0 bridgehead atoms. The molecule has 0 saturated carbocycles. The molecular formula is C26H39N7O4. The number of aromatic nitrogens is 3. The van der Waals surface area contributed by atoms with E-state index in [0.717, 1.165) is 63.5 Å². The fourth-order valence-corrected chi connectivity index (χ4v) is 5.87. The number of ether oxygens (including phenoxy) is 2. The van der Waals surface area contributed by atoms with Crippen LogP contribution in [0.15, 0.2) is 18.2 Å². The summed E-state index contributed by atoms with van der Waals surface area (Å²) in [6.45, 7) is 12.3. The van der Waals surface area contributed by atoms with E-state index in [2.05, 4.69) is 56.0 Å². The Bertz CT molecular complexity index is 1100. The maximum Gasteiger partial charge on any atom is 0.275 e. The smallest absolute Gasteiger partial charge is 0.275 e. The van der Waals surface area contributed by atoms with Gasteiger partial charge in [-0.3, -0.25) is 19.7 Å². The highest BCUT2D eigenvalue weighted by atomic mass is 16.5. The highest BCUT2D eigenvalue weighted by Gasteiger charge is 2.47. The van der Waals surface area contributed by atoms with Crippen LogP contribution < -0.4 is 10.1 Å². The van der Waals surface area contributed by atoms with Gasteiger partial charge in [0.25, 0.3) is 5.91 Å². The van der Waals surface area contributed by atoms with Crippen LogP contribution in [-0.2, 0) is 16.8 Å². The number of hydrogen-bond donors (Lipinski definition) is 3. The minimum Gasteiger partial charge on any atom is -0.481 e. The minimum atomic E-state index is -0.750. The molecular weight excluding hydrogens is 474 g/mol. The number of piperazine rings is 1. The number of fused-ring (bicyclic) bond motifs is 1. The van der Waals surface area contributed by atoms with Crippen molar-refractivity contribution in [3.05, 3.63) is 35.2 Å². The van der Waals surface area contributed by atoms with Crippen LogP contribution >= 0.6 is 0 Å². The summed E-state index contributed by atoms with van der Waals surface area (Å²) in [5.74, 6) is 1.17. The van der Waals surface area contributed by atoms with Crippen molar-refractivity contribution in [1.82, 2.24) is 29.9 Å². The van der Waals surface area contributed by atoms with Crippen molar-refractivity contribution in [3.63, 3.8) is 0 Å². The molecule has 2 aromatic rings. The number of methoxy groups -OCH3 is 1. The molecule has 3 aliphatic rings. The predicted molar refractivity (Wildman–Crippen MR) is 138 cm³/mol. The van der Waals surface area contributed by atoms with Gasteiger partial charge in [-0.15, -0.1) is 0 Å². The lowest BCUT2D eigenvalue weighted by Gasteiger charge is -2.47. The molecule has 5 heterocycles. The molecule has 11 nitrogen and oxygen atoms in total. The maximum absolute atomic E-state index is 12.9. The molecule has 3 aliphatic heterocycles. The molecule has 1 unspecified atom stereocenters. The molecule has 2 fully saturated rings. The Labute approximate surface area is 218 Å². The Balaban J connectivity index is 1.24. The first kappa shape index (κ1) is 26.1. The molecule has 11 heteroatoms. The molecule has 2 atom stereocenters. The number of anilines is 1. The van der Waals surface area contributed by atoms with Crippen LogP contribution in [0.1, 0.15) is 55.4 Å². The maximum atomic E-state index is 12.9. The summed E-state index contributed by atoms with van der Waals surface area (Å²) in [4.78, 5) is 23.8. The molecule has 2 aromatic heterocycles. The van der Waals surface area contributed by atoms with Crippen molar-refractivity contribution in [3.8, 4) is 5.88 Å². The predicted octanol–water partition coefficient (Wildman–Crippen LogP) is 1.82. The van der Waals surface area contributed by atoms with Gasteiger partial charge in [0.1, 0.15) is 5.69 Å². The van der Waals surface area contributed by atoms with Crippen LogP contribution in [0.5, 0.6) is 5.88 Å². The van der Waals surface area contributed by atoms with Crippen LogP contribution in [0.2, 0.25) is 0 Å². The highest BCUT2D eigenvalue weighted by molar-refractivity contribution is 6.02. The van der Waals surface area contributed by atoms with Gasteiger partial charge in [0, 0.05) is 63.6 Å². The first-order valence-electron chi connectivity index (χ1n) is 13.2. The van der Waals surface area contributed by atoms with E-state index in [1.165, 1.54) is 7.11 Å². The molecule has 0 aromatic carbocycles. The number of nitrogens with one attached hydrogen (secondary N) is 2. The number of amides is 1. The van der Waals surface area contributed by atoms with Gasteiger partial charge in [0.05, 0.1) is 18.3 Å². The van der Waals surface area contributed by atoms with Crippen LogP contribution in [0.25, 0.3) is 0 Å². The number of aromatic amines is 1. The summed E-state index contributed by atoms with van der Waals surface area (Å²) in [5, 5.41) is 21.9. The Morgan fingerprint density at radius 2 is 2.11 bits per heavy atom. The van der Waals surface area contributed by atoms with Crippen molar-refractivity contribution < 1.29 is 19.4 Å². The van der Waals surface area contributed by atoms with E-state index in [4.69, 9.17) is 9.47 Å². The minimum absolute atomic E-state index is 0.217. The standard InChI is InChI=1S/C26H39N7O4/c1-17-14-31(15-18-8-12-37-13-9-18)10-11-32(17)25(35)33-16-19-22(26(33,2)3)29-30-23(19)28-24(34)20-6-5-7-21(27-20)36-4/h5-7,17-18,25,35H,8-16H2,1-4H3,(H2,28,29,30,34)/t17-,25?/m0/s1. The number of nitrogens with zero attached hydrogens (tertiary/aromatic N) is 5. The number of hydrogen-bond acceptors (Lipinski definition) is 9. The molecule has 5 rings (SSSR count). The zero-order chi connectivity index (χ0) is 26.2. The number of aliphatic hydroxyl groups excluding tert-OH is 1. The summed E-state index contributed by atoms with van der Waals surface area (Å²) in [6, 6.07) is 5.26.